The molecule has 0 bridgehead atoms. The van der Waals surface area contributed by atoms with Gasteiger partial charge < -0.3 is 10.0 Å². The molecule has 0 saturated heterocycles. The van der Waals surface area contributed by atoms with Crippen molar-refractivity contribution in [3.05, 3.63) is 40.3 Å². The minimum absolute atomic E-state index is 0.121. The molecule has 1 heterocycles. The highest BCUT2D eigenvalue weighted by molar-refractivity contribution is 6.04. The smallest absolute Gasteiger partial charge is 0.274 e. The molecule has 1 amide bonds. The number of hydrogen-bond donors (Lipinski definition) is 1. The van der Waals surface area contributed by atoms with Crippen molar-refractivity contribution in [1.29, 1.82) is 0 Å². The molecule has 0 radical (unpaired) electrons. The maximum Gasteiger partial charge on any atom is 0.274 e. The summed E-state index contributed by atoms with van der Waals surface area (Å²) in [6.07, 6.45) is 0. The van der Waals surface area contributed by atoms with Gasteiger partial charge in [-0.2, -0.15) is 5.10 Å². The average Bonchev–Trinajstić information content (AvgIpc) is 2.47. The number of rotatable bonds is 4. The Morgan fingerprint density at radius 1 is 1.33 bits per heavy atom. The Morgan fingerprint density at radius 3 is 2.52 bits per heavy atom. The van der Waals surface area contributed by atoms with E-state index in [1.807, 2.05) is 13.8 Å². The lowest BCUT2D eigenvalue weighted by Crippen LogP contribution is -2.34. The molecule has 21 heavy (non-hydrogen) atoms. The fourth-order valence-electron chi connectivity index (χ4n) is 2.15. The van der Waals surface area contributed by atoms with E-state index in [1.165, 1.54) is 9.58 Å². The molecule has 0 saturated carbocycles. The van der Waals surface area contributed by atoms with Gasteiger partial charge in [-0.1, -0.05) is 18.2 Å². The molecule has 1 aromatic carbocycles. The number of amides is 1. The highest BCUT2D eigenvalue weighted by Gasteiger charge is 2.20. The Balaban J connectivity index is 2.70. The summed E-state index contributed by atoms with van der Waals surface area (Å²) >= 11 is 0. The maximum absolute atomic E-state index is 12.5. The van der Waals surface area contributed by atoms with Gasteiger partial charge in [0.2, 0.25) is 0 Å². The minimum atomic E-state index is -0.311. The molecule has 1 N–H and O–H groups in total. The van der Waals surface area contributed by atoms with Crippen molar-refractivity contribution in [1.82, 2.24) is 14.7 Å². The Labute approximate surface area is 122 Å². The number of benzene rings is 1. The van der Waals surface area contributed by atoms with E-state index in [0.29, 0.717) is 10.8 Å². The van der Waals surface area contributed by atoms with Crippen LogP contribution in [0, 0.1) is 0 Å². The van der Waals surface area contributed by atoms with Gasteiger partial charge in [-0.05, 0) is 19.9 Å². The first-order valence-electron chi connectivity index (χ1n) is 6.85. The van der Waals surface area contributed by atoms with Crippen LogP contribution >= 0.6 is 0 Å². The molecule has 0 aliphatic carbocycles. The molecule has 0 unspecified atom stereocenters. The normalized spacial score (nSPS) is 11.1. The number of nitrogens with zero attached hydrogens (tertiary/aromatic N) is 3. The zero-order valence-corrected chi connectivity index (χ0v) is 12.4. The van der Waals surface area contributed by atoms with Gasteiger partial charge >= 0.3 is 0 Å². The van der Waals surface area contributed by atoms with Crippen LogP contribution in [-0.4, -0.2) is 45.9 Å². The monoisotopic (exact) mass is 289 g/mol. The first kappa shape index (κ1) is 15.2. The number of carbonyl (C=O) groups is 1. The van der Waals surface area contributed by atoms with Crippen LogP contribution < -0.4 is 5.56 Å². The van der Waals surface area contributed by atoms with Gasteiger partial charge in [0, 0.05) is 19.0 Å². The summed E-state index contributed by atoms with van der Waals surface area (Å²) in [5.74, 6) is -0.311. The zero-order valence-electron chi connectivity index (χ0n) is 12.4. The number of hydrogen-bond acceptors (Lipinski definition) is 4. The third kappa shape index (κ3) is 2.80. The van der Waals surface area contributed by atoms with Gasteiger partial charge in [0.1, 0.15) is 0 Å². The summed E-state index contributed by atoms with van der Waals surface area (Å²) in [4.78, 5) is 26.2. The molecule has 6 nitrogen and oxygen atoms in total. The molecule has 0 fully saturated rings. The molecule has 2 aromatic rings. The molecule has 0 aliphatic rings. The summed E-state index contributed by atoms with van der Waals surface area (Å²) in [6, 6.07) is 6.80. The first-order valence-corrected chi connectivity index (χ1v) is 6.85. The number of fused-ring (bicyclic) bond motifs is 1. The third-order valence-corrected chi connectivity index (χ3v) is 3.30. The number of aromatic nitrogens is 2. The van der Waals surface area contributed by atoms with E-state index in [1.54, 1.807) is 31.3 Å². The van der Waals surface area contributed by atoms with E-state index < -0.39 is 0 Å². The molecular weight excluding hydrogens is 270 g/mol. The van der Waals surface area contributed by atoms with E-state index in [9.17, 15) is 9.59 Å². The summed E-state index contributed by atoms with van der Waals surface area (Å²) in [5.41, 5.74) is 0.0248. The summed E-state index contributed by atoms with van der Waals surface area (Å²) in [7, 11) is 1.60. The molecule has 6 heteroatoms. The second-order valence-corrected chi connectivity index (χ2v) is 5.19. The van der Waals surface area contributed by atoms with Crippen molar-refractivity contribution < 1.29 is 9.90 Å². The van der Waals surface area contributed by atoms with Crippen LogP contribution in [0.15, 0.2) is 29.1 Å². The number of aliphatic hydroxyl groups is 1. The van der Waals surface area contributed by atoms with Gasteiger partial charge in [-0.15, -0.1) is 0 Å². The van der Waals surface area contributed by atoms with E-state index in [0.717, 1.165) is 0 Å². The van der Waals surface area contributed by atoms with Gasteiger partial charge in [-0.3, -0.25) is 9.59 Å². The highest BCUT2D eigenvalue weighted by atomic mass is 16.3. The van der Waals surface area contributed by atoms with Crippen molar-refractivity contribution in [2.45, 2.75) is 19.9 Å². The predicted octanol–water partition coefficient (Wildman–Crippen LogP) is 1.04. The lowest BCUT2D eigenvalue weighted by atomic mass is 10.1. The molecular formula is C15H19N3O3. The van der Waals surface area contributed by atoms with Crippen LogP contribution in [-0.2, 0) is 0 Å². The Morgan fingerprint density at radius 2 is 1.95 bits per heavy atom. The van der Waals surface area contributed by atoms with Crippen molar-refractivity contribution in [2.75, 3.05) is 20.2 Å². The third-order valence-electron chi connectivity index (χ3n) is 3.30. The lowest BCUT2D eigenvalue weighted by molar-refractivity contribution is 0.0760. The van der Waals surface area contributed by atoms with Gasteiger partial charge in [0.15, 0.2) is 5.69 Å². The standard InChI is InChI=1S/C15H19N3O3/c1-10(2)18-14(20)12-7-5-4-6-11(12)13(16-18)15(21)17(3)8-9-19/h4-7,10,19H,8-9H2,1-3H3. The molecule has 0 aliphatic heterocycles. The predicted molar refractivity (Wildman–Crippen MR) is 80.4 cm³/mol. The SMILES string of the molecule is CC(C)n1nc(C(=O)N(C)CCO)c2ccccc2c1=O. The Bertz CT molecular complexity index is 722. The van der Waals surface area contributed by atoms with Crippen LogP contribution in [0.3, 0.4) is 0 Å². The minimum Gasteiger partial charge on any atom is -0.395 e. The molecule has 1 aromatic heterocycles. The quantitative estimate of drug-likeness (QED) is 0.912. The molecule has 2 rings (SSSR count). The first-order chi connectivity index (χ1) is 9.97. The fraction of sp³-hybridized carbons (Fsp3) is 0.400. The largest absolute Gasteiger partial charge is 0.395 e. The van der Waals surface area contributed by atoms with Gasteiger partial charge in [0.25, 0.3) is 11.5 Å². The van der Waals surface area contributed by atoms with Crippen LogP contribution in [0.4, 0.5) is 0 Å². The van der Waals surface area contributed by atoms with Crippen molar-refractivity contribution in [3.63, 3.8) is 0 Å². The van der Waals surface area contributed by atoms with Crippen molar-refractivity contribution >= 4 is 16.7 Å². The molecule has 112 valence electrons. The Kier molecular flexibility index (Phi) is 4.37. The topological polar surface area (TPSA) is 75.4 Å². The zero-order chi connectivity index (χ0) is 15.6. The number of likely N-dealkylation sites (N-methyl/N-ethyl adjacent to an activating group) is 1. The van der Waals surface area contributed by atoms with Crippen LogP contribution in [0.1, 0.15) is 30.4 Å². The van der Waals surface area contributed by atoms with Gasteiger partial charge in [0.05, 0.1) is 18.0 Å². The van der Waals surface area contributed by atoms with Crippen LogP contribution in [0.25, 0.3) is 10.8 Å². The van der Waals surface area contributed by atoms with E-state index in [2.05, 4.69) is 5.10 Å². The van der Waals surface area contributed by atoms with Crippen molar-refractivity contribution in [2.24, 2.45) is 0 Å². The lowest BCUT2D eigenvalue weighted by Gasteiger charge is -2.18. The summed E-state index contributed by atoms with van der Waals surface area (Å²) in [6.45, 7) is 3.78. The Hall–Kier alpha value is -2.21. The van der Waals surface area contributed by atoms with Gasteiger partial charge in [-0.25, -0.2) is 4.68 Å². The second kappa shape index (κ2) is 6.05. The number of carbonyl (C=O) groups excluding carboxylic acids is 1. The fourth-order valence-corrected chi connectivity index (χ4v) is 2.15. The summed E-state index contributed by atoms with van der Waals surface area (Å²) in [5, 5.41) is 14.2. The molecule has 0 spiro atoms. The second-order valence-electron chi connectivity index (χ2n) is 5.19. The maximum atomic E-state index is 12.5. The summed E-state index contributed by atoms with van der Waals surface area (Å²) < 4.78 is 1.32. The van der Waals surface area contributed by atoms with Crippen LogP contribution in [0.2, 0.25) is 0 Å². The van der Waals surface area contributed by atoms with Crippen molar-refractivity contribution in [3.8, 4) is 0 Å². The van der Waals surface area contributed by atoms with E-state index in [-0.39, 0.29) is 36.4 Å². The number of aliphatic hydroxyl groups excluding tert-OH is 1. The van der Waals surface area contributed by atoms with E-state index >= 15 is 0 Å². The van der Waals surface area contributed by atoms with Crippen LogP contribution in [0.5, 0.6) is 0 Å². The molecule has 0 atom stereocenters. The average molecular weight is 289 g/mol. The van der Waals surface area contributed by atoms with E-state index in [4.69, 9.17) is 5.11 Å². The highest BCUT2D eigenvalue weighted by Crippen LogP contribution is 2.16.